The van der Waals surface area contributed by atoms with Crippen LogP contribution in [0.5, 0.6) is 5.75 Å². The second-order valence-corrected chi connectivity index (χ2v) is 9.14. The summed E-state index contributed by atoms with van der Waals surface area (Å²) in [5, 5.41) is 9.56. The Hall–Kier alpha value is -3.78. The maximum Gasteiger partial charge on any atom is 0.319 e. The van der Waals surface area contributed by atoms with E-state index in [4.69, 9.17) is 16.3 Å². The molecule has 2 atom stereocenters. The summed E-state index contributed by atoms with van der Waals surface area (Å²) in [7, 11) is 1.61. The monoisotopic (exact) mass is 491 g/mol. The van der Waals surface area contributed by atoms with Gasteiger partial charge in [0, 0.05) is 58.4 Å². The standard InChI is InChI=1S/C26H26ClN5O3/c1-35-18-9-10-21(28-14-18)20-15-32(24-4-2-3-22-19(24)13-25(33)30-22)12-11-23(20)31-26(34)29-17-7-5-16(27)6-8-17/h2-10,14,20,23H,11-13,15H2,1H3,(H,30,33)(H2,29,31,34). The first-order chi connectivity index (χ1) is 17.0. The van der Waals surface area contributed by atoms with E-state index in [1.807, 2.05) is 24.3 Å². The third-order valence-electron chi connectivity index (χ3n) is 6.51. The van der Waals surface area contributed by atoms with Crippen LogP contribution in [0.1, 0.15) is 23.6 Å². The van der Waals surface area contributed by atoms with Crippen LogP contribution >= 0.6 is 11.6 Å². The number of hydrogen-bond acceptors (Lipinski definition) is 5. The number of nitrogens with zero attached hydrogens (tertiary/aromatic N) is 2. The lowest BCUT2D eigenvalue weighted by Crippen LogP contribution is -2.51. The molecule has 2 aromatic carbocycles. The van der Waals surface area contributed by atoms with Gasteiger partial charge in [-0.05, 0) is 55.0 Å². The number of hydrogen-bond donors (Lipinski definition) is 3. The van der Waals surface area contributed by atoms with E-state index in [-0.39, 0.29) is 23.9 Å². The summed E-state index contributed by atoms with van der Waals surface area (Å²) in [6.45, 7) is 1.39. The van der Waals surface area contributed by atoms with Gasteiger partial charge in [0.15, 0.2) is 0 Å². The molecule has 3 amide bonds. The van der Waals surface area contributed by atoms with Crippen molar-refractivity contribution in [3.05, 3.63) is 77.1 Å². The maximum absolute atomic E-state index is 12.8. The van der Waals surface area contributed by atoms with Gasteiger partial charge in [-0.15, -0.1) is 0 Å². The molecule has 1 aromatic heterocycles. The zero-order valence-electron chi connectivity index (χ0n) is 19.3. The maximum atomic E-state index is 12.8. The van der Waals surface area contributed by atoms with Gasteiger partial charge in [0.2, 0.25) is 5.91 Å². The number of benzene rings is 2. The average Bonchev–Trinajstić information content (AvgIpc) is 3.26. The van der Waals surface area contributed by atoms with Gasteiger partial charge in [0.05, 0.1) is 19.7 Å². The number of halogens is 1. The fourth-order valence-electron chi connectivity index (χ4n) is 4.77. The number of methoxy groups -OCH3 is 1. The Kier molecular flexibility index (Phi) is 6.46. The van der Waals surface area contributed by atoms with Crippen LogP contribution in [0.2, 0.25) is 5.02 Å². The van der Waals surface area contributed by atoms with Crippen LogP contribution in [0.4, 0.5) is 21.9 Å². The summed E-state index contributed by atoms with van der Waals surface area (Å²) in [5.41, 5.74) is 4.47. The van der Waals surface area contributed by atoms with E-state index in [0.29, 0.717) is 29.4 Å². The lowest BCUT2D eigenvalue weighted by Gasteiger charge is -2.40. The van der Waals surface area contributed by atoms with Crippen LogP contribution in [-0.4, -0.2) is 43.2 Å². The van der Waals surface area contributed by atoms with Crippen molar-refractivity contribution in [3.63, 3.8) is 0 Å². The number of ether oxygens (including phenoxy) is 1. The molecule has 3 heterocycles. The van der Waals surface area contributed by atoms with Gasteiger partial charge in [-0.3, -0.25) is 9.78 Å². The molecule has 0 radical (unpaired) electrons. The lowest BCUT2D eigenvalue weighted by atomic mass is 9.88. The van der Waals surface area contributed by atoms with Crippen LogP contribution in [0.3, 0.4) is 0 Å². The van der Waals surface area contributed by atoms with E-state index in [9.17, 15) is 9.59 Å². The summed E-state index contributed by atoms with van der Waals surface area (Å²) < 4.78 is 5.27. The second kappa shape index (κ2) is 9.84. The number of urea groups is 1. The largest absolute Gasteiger partial charge is 0.495 e. The first kappa shape index (κ1) is 23.0. The van der Waals surface area contributed by atoms with E-state index in [1.54, 1.807) is 37.6 Å². The van der Waals surface area contributed by atoms with Gasteiger partial charge >= 0.3 is 6.03 Å². The fourth-order valence-corrected chi connectivity index (χ4v) is 4.90. The minimum absolute atomic E-state index is 0.0104. The van der Waals surface area contributed by atoms with E-state index >= 15 is 0 Å². The molecule has 1 fully saturated rings. The number of carbonyl (C=O) groups excluding carboxylic acids is 2. The Bertz CT molecular complexity index is 1230. The first-order valence-electron chi connectivity index (χ1n) is 11.5. The molecule has 2 aliphatic rings. The molecule has 0 aliphatic carbocycles. The Morgan fingerprint density at radius 3 is 2.74 bits per heavy atom. The fraction of sp³-hybridized carbons (Fsp3) is 0.269. The van der Waals surface area contributed by atoms with Crippen molar-refractivity contribution in [2.75, 3.05) is 35.7 Å². The summed E-state index contributed by atoms with van der Waals surface area (Å²) in [6, 6.07) is 16.4. The number of nitrogens with one attached hydrogen (secondary N) is 3. The third kappa shape index (κ3) is 5.02. The molecule has 0 spiro atoms. The topological polar surface area (TPSA) is 95.6 Å². The zero-order valence-corrected chi connectivity index (χ0v) is 20.0. The molecule has 8 nitrogen and oxygen atoms in total. The number of fused-ring (bicyclic) bond motifs is 1. The molecular formula is C26H26ClN5O3. The number of piperidine rings is 1. The molecule has 3 aromatic rings. The van der Waals surface area contributed by atoms with Crippen LogP contribution in [0, 0.1) is 0 Å². The number of amides is 3. The highest BCUT2D eigenvalue weighted by Gasteiger charge is 2.34. The van der Waals surface area contributed by atoms with Gasteiger partial charge in [-0.2, -0.15) is 0 Å². The van der Waals surface area contributed by atoms with Crippen molar-refractivity contribution in [3.8, 4) is 5.75 Å². The van der Waals surface area contributed by atoms with Gasteiger partial charge in [0.25, 0.3) is 0 Å². The predicted molar refractivity (Wildman–Crippen MR) is 137 cm³/mol. The highest BCUT2D eigenvalue weighted by atomic mass is 35.5. The van der Waals surface area contributed by atoms with Gasteiger partial charge in [0.1, 0.15) is 5.75 Å². The normalized spacial score (nSPS) is 19.0. The van der Waals surface area contributed by atoms with Gasteiger partial charge in [-0.25, -0.2) is 4.79 Å². The van der Waals surface area contributed by atoms with E-state index in [2.05, 4.69) is 31.9 Å². The minimum atomic E-state index is -0.278. The number of pyridine rings is 1. The molecule has 9 heteroatoms. The van der Waals surface area contributed by atoms with Crippen molar-refractivity contribution in [1.82, 2.24) is 10.3 Å². The summed E-state index contributed by atoms with van der Waals surface area (Å²) >= 11 is 5.95. The van der Waals surface area contributed by atoms with Crippen molar-refractivity contribution in [2.24, 2.45) is 0 Å². The Morgan fingerprint density at radius 1 is 1.17 bits per heavy atom. The number of anilines is 3. The molecule has 180 valence electrons. The van der Waals surface area contributed by atoms with Gasteiger partial charge in [-0.1, -0.05) is 17.7 Å². The first-order valence-corrected chi connectivity index (χ1v) is 11.9. The Labute approximate surface area is 208 Å². The molecule has 2 aliphatic heterocycles. The number of rotatable bonds is 5. The molecular weight excluding hydrogens is 466 g/mol. The predicted octanol–water partition coefficient (Wildman–Crippen LogP) is 4.42. The van der Waals surface area contributed by atoms with Crippen molar-refractivity contribution >= 4 is 40.6 Å². The smallest absolute Gasteiger partial charge is 0.319 e. The molecule has 2 unspecified atom stereocenters. The summed E-state index contributed by atoms with van der Waals surface area (Å²) in [5.74, 6) is 0.625. The lowest BCUT2D eigenvalue weighted by molar-refractivity contribution is -0.115. The second-order valence-electron chi connectivity index (χ2n) is 8.70. The summed E-state index contributed by atoms with van der Waals surface area (Å²) in [6.07, 6.45) is 2.79. The van der Waals surface area contributed by atoms with Crippen molar-refractivity contribution in [1.29, 1.82) is 0 Å². The Balaban J connectivity index is 1.37. The van der Waals surface area contributed by atoms with Crippen LogP contribution < -0.4 is 25.6 Å². The molecule has 3 N–H and O–H groups in total. The third-order valence-corrected chi connectivity index (χ3v) is 6.76. The Morgan fingerprint density at radius 2 is 2.00 bits per heavy atom. The van der Waals surface area contributed by atoms with Crippen LogP contribution in [0.15, 0.2) is 60.8 Å². The SMILES string of the molecule is COc1ccc(C2CN(c3cccc4c3CC(=O)N4)CCC2NC(=O)Nc2ccc(Cl)cc2)nc1. The van der Waals surface area contributed by atoms with E-state index in [1.165, 1.54) is 0 Å². The van der Waals surface area contributed by atoms with Crippen LogP contribution in [0.25, 0.3) is 0 Å². The highest BCUT2D eigenvalue weighted by Crippen LogP contribution is 2.36. The quantitative estimate of drug-likeness (QED) is 0.491. The van der Waals surface area contributed by atoms with Crippen molar-refractivity contribution in [2.45, 2.75) is 24.8 Å². The average molecular weight is 492 g/mol. The minimum Gasteiger partial charge on any atom is -0.495 e. The summed E-state index contributed by atoms with van der Waals surface area (Å²) in [4.78, 5) is 31.8. The van der Waals surface area contributed by atoms with E-state index < -0.39 is 0 Å². The molecule has 35 heavy (non-hydrogen) atoms. The number of aromatic nitrogens is 1. The van der Waals surface area contributed by atoms with Gasteiger partial charge < -0.3 is 25.6 Å². The van der Waals surface area contributed by atoms with Crippen molar-refractivity contribution < 1.29 is 14.3 Å². The highest BCUT2D eigenvalue weighted by molar-refractivity contribution is 6.30. The molecule has 0 bridgehead atoms. The number of carbonyl (C=O) groups is 2. The zero-order chi connectivity index (χ0) is 24.4. The van der Waals surface area contributed by atoms with E-state index in [0.717, 1.165) is 35.6 Å². The molecule has 0 saturated carbocycles. The molecule has 1 saturated heterocycles. The van der Waals surface area contributed by atoms with Crippen LogP contribution in [-0.2, 0) is 11.2 Å². The molecule has 5 rings (SSSR count).